The number of nitrogens with two attached hydrogens (primary N) is 1. The molecule has 10 heavy (non-hydrogen) atoms. The zero-order valence-electron chi connectivity index (χ0n) is 5.96. The van der Waals surface area contributed by atoms with Crippen LogP contribution in [0, 0.1) is 0 Å². The first-order valence-electron chi connectivity index (χ1n) is 3.17. The Morgan fingerprint density at radius 1 is 1.70 bits per heavy atom. The molecule has 0 aliphatic rings. The van der Waals surface area contributed by atoms with Gasteiger partial charge in [-0.1, -0.05) is 0 Å². The standard InChI is InChI=1S/C7H11N3/c1-9-4-6-5-10-3-2-7(6)8/h2-3,5,9H,4H2,1H3,(H2,8,10). The highest BCUT2D eigenvalue weighted by molar-refractivity contribution is 5.43. The van der Waals surface area contributed by atoms with Gasteiger partial charge < -0.3 is 11.1 Å². The molecule has 1 heterocycles. The van der Waals surface area contributed by atoms with Crippen molar-refractivity contribution < 1.29 is 0 Å². The van der Waals surface area contributed by atoms with Crippen LogP contribution in [0.2, 0.25) is 0 Å². The molecule has 0 aromatic carbocycles. The molecule has 0 unspecified atom stereocenters. The van der Waals surface area contributed by atoms with Gasteiger partial charge in [0.15, 0.2) is 0 Å². The number of nitrogens with one attached hydrogen (secondary N) is 1. The fourth-order valence-corrected chi connectivity index (χ4v) is 0.776. The minimum absolute atomic E-state index is 0.777. The van der Waals surface area contributed by atoms with Crippen molar-refractivity contribution in [2.45, 2.75) is 6.54 Å². The molecule has 3 N–H and O–H groups in total. The number of anilines is 1. The number of aromatic nitrogens is 1. The van der Waals surface area contributed by atoms with Crippen molar-refractivity contribution in [1.29, 1.82) is 0 Å². The van der Waals surface area contributed by atoms with E-state index in [1.165, 1.54) is 0 Å². The van der Waals surface area contributed by atoms with Crippen LogP contribution < -0.4 is 11.1 Å². The van der Waals surface area contributed by atoms with Crippen molar-refractivity contribution >= 4 is 5.69 Å². The molecule has 54 valence electrons. The number of nitrogens with zero attached hydrogens (tertiary/aromatic N) is 1. The number of rotatable bonds is 2. The molecule has 0 fully saturated rings. The normalized spacial score (nSPS) is 9.70. The molecule has 1 aromatic rings. The highest BCUT2D eigenvalue weighted by Gasteiger charge is 1.93. The lowest BCUT2D eigenvalue weighted by Crippen LogP contribution is -2.07. The van der Waals surface area contributed by atoms with Gasteiger partial charge in [0, 0.05) is 30.2 Å². The Labute approximate surface area is 60.3 Å². The van der Waals surface area contributed by atoms with Crippen LogP contribution in [0.5, 0.6) is 0 Å². The zero-order chi connectivity index (χ0) is 7.40. The van der Waals surface area contributed by atoms with E-state index in [0.717, 1.165) is 17.8 Å². The van der Waals surface area contributed by atoms with E-state index in [2.05, 4.69) is 10.3 Å². The molecule has 0 radical (unpaired) electrons. The van der Waals surface area contributed by atoms with E-state index in [0.29, 0.717) is 0 Å². The van der Waals surface area contributed by atoms with Gasteiger partial charge in [-0.2, -0.15) is 0 Å². The molecular weight excluding hydrogens is 126 g/mol. The Kier molecular flexibility index (Phi) is 2.23. The van der Waals surface area contributed by atoms with E-state index in [4.69, 9.17) is 5.73 Å². The summed E-state index contributed by atoms with van der Waals surface area (Å²) in [5, 5.41) is 3.00. The topological polar surface area (TPSA) is 50.9 Å². The predicted octanol–water partition coefficient (Wildman–Crippen LogP) is 0.383. The lowest BCUT2D eigenvalue weighted by molar-refractivity contribution is 0.815. The third-order valence-electron chi connectivity index (χ3n) is 1.31. The summed E-state index contributed by atoms with van der Waals surface area (Å²) in [5.74, 6) is 0. The van der Waals surface area contributed by atoms with Gasteiger partial charge >= 0.3 is 0 Å². The van der Waals surface area contributed by atoms with Crippen LogP contribution in [0.15, 0.2) is 18.5 Å². The second kappa shape index (κ2) is 3.17. The van der Waals surface area contributed by atoms with Crippen molar-refractivity contribution in [3.05, 3.63) is 24.0 Å². The minimum atomic E-state index is 0.777. The summed E-state index contributed by atoms with van der Waals surface area (Å²) in [5.41, 5.74) is 7.47. The lowest BCUT2D eigenvalue weighted by atomic mass is 10.2. The van der Waals surface area contributed by atoms with E-state index in [1.807, 2.05) is 7.05 Å². The number of pyridine rings is 1. The average Bonchev–Trinajstić information content (AvgIpc) is 1.94. The Hall–Kier alpha value is -1.09. The van der Waals surface area contributed by atoms with Crippen molar-refractivity contribution in [2.24, 2.45) is 0 Å². The van der Waals surface area contributed by atoms with Gasteiger partial charge in [0.2, 0.25) is 0 Å². The maximum Gasteiger partial charge on any atom is 0.0390 e. The van der Waals surface area contributed by atoms with Crippen molar-refractivity contribution in [3.63, 3.8) is 0 Å². The summed E-state index contributed by atoms with van der Waals surface area (Å²) in [4.78, 5) is 3.94. The first-order chi connectivity index (χ1) is 4.84. The third kappa shape index (κ3) is 1.45. The minimum Gasteiger partial charge on any atom is -0.398 e. The van der Waals surface area contributed by atoms with Gasteiger partial charge in [-0.05, 0) is 13.1 Å². The Morgan fingerprint density at radius 3 is 3.10 bits per heavy atom. The first kappa shape index (κ1) is 7.02. The summed E-state index contributed by atoms with van der Waals surface area (Å²) in [6.07, 6.45) is 3.46. The molecule has 0 atom stereocenters. The Morgan fingerprint density at radius 2 is 2.50 bits per heavy atom. The molecule has 0 aliphatic heterocycles. The maximum absolute atomic E-state index is 5.63. The van der Waals surface area contributed by atoms with Crippen LogP contribution in [0.3, 0.4) is 0 Å². The summed E-state index contributed by atoms with van der Waals surface area (Å²) < 4.78 is 0. The smallest absolute Gasteiger partial charge is 0.0390 e. The highest BCUT2D eigenvalue weighted by Crippen LogP contribution is 2.06. The molecule has 0 saturated heterocycles. The van der Waals surface area contributed by atoms with Crippen molar-refractivity contribution in [2.75, 3.05) is 12.8 Å². The second-order valence-electron chi connectivity index (χ2n) is 2.10. The molecule has 0 amide bonds. The molecular formula is C7H11N3. The van der Waals surface area contributed by atoms with Gasteiger partial charge in [0.05, 0.1) is 0 Å². The summed E-state index contributed by atoms with van der Waals surface area (Å²) in [7, 11) is 1.88. The largest absolute Gasteiger partial charge is 0.398 e. The molecule has 3 heteroatoms. The molecule has 1 aromatic heterocycles. The molecule has 0 saturated carbocycles. The van der Waals surface area contributed by atoms with Gasteiger partial charge in [-0.15, -0.1) is 0 Å². The number of hydrogen-bond donors (Lipinski definition) is 2. The number of hydrogen-bond acceptors (Lipinski definition) is 3. The van der Waals surface area contributed by atoms with E-state index in [1.54, 1.807) is 18.5 Å². The van der Waals surface area contributed by atoms with E-state index >= 15 is 0 Å². The van der Waals surface area contributed by atoms with Gasteiger partial charge in [0.1, 0.15) is 0 Å². The Balaban J connectivity index is 2.81. The van der Waals surface area contributed by atoms with Gasteiger partial charge in [0.25, 0.3) is 0 Å². The van der Waals surface area contributed by atoms with Crippen molar-refractivity contribution in [1.82, 2.24) is 10.3 Å². The average molecular weight is 137 g/mol. The van der Waals surface area contributed by atoms with Crippen LogP contribution in [-0.4, -0.2) is 12.0 Å². The Bertz CT molecular complexity index is 210. The monoisotopic (exact) mass is 137 g/mol. The molecule has 0 bridgehead atoms. The lowest BCUT2D eigenvalue weighted by Gasteiger charge is -2.01. The summed E-state index contributed by atoms with van der Waals surface area (Å²) >= 11 is 0. The molecule has 1 rings (SSSR count). The van der Waals surface area contributed by atoms with E-state index in [-0.39, 0.29) is 0 Å². The molecule has 0 spiro atoms. The van der Waals surface area contributed by atoms with Gasteiger partial charge in [-0.3, -0.25) is 4.98 Å². The summed E-state index contributed by atoms with van der Waals surface area (Å²) in [6, 6.07) is 1.80. The summed E-state index contributed by atoms with van der Waals surface area (Å²) in [6.45, 7) is 0.777. The van der Waals surface area contributed by atoms with Crippen LogP contribution in [-0.2, 0) is 6.54 Å². The van der Waals surface area contributed by atoms with Crippen LogP contribution in [0.1, 0.15) is 5.56 Å². The highest BCUT2D eigenvalue weighted by atomic mass is 14.8. The van der Waals surface area contributed by atoms with Crippen molar-refractivity contribution in [3.8, 4) is 0 Å². The second-order valence-corrected chi connectivity index (χ2v) is 2.10. The predicted molar refractivity (Wildman–Crippen MR) is 41.4 cm³/mol. The van der Waals surface area contributed by atoms with E-state index in [9.17, 15) is 0 Å². The molecule has 0 aliphatic carbocycles. The van der Waals surface area contributed by atoms with Crippen LogP contribution in [0.25, 0.3) is 0 Å². The van der Waals surface area contributed by atoms with E-state index < -0.39 is 0 Å². The third-order valence-corrected chi connectivity index (χ3v) is 1.31. The molecule has 3 nitrogen and oxygen atoms in total. The fourth-order valence-electron chi connectivity index (χ4n) is 0.776. The zero-order valence-corrected chi connectivity index (χ0v) is 5.96. The first-order valence-corrected chi connectivity index (χ1v) is 3.17. The maximum atomic E-state index is 5.63. The van der Waals surface area contributed by atoms with Gasteiger partial charge in [-0.25, -0.2) is 0 Å². The SMILES string of the molecule is CNCc1cnccc1N. The quantitative estimate of drug-likeness (QED) is 0.619. The van der Waals surface area contributed by atoms with Crippen LogP contribution >= 0.6 is 0 Å². The van der Waals surface area contributed by atoms with Crippen LogP contribution in [0.4, 0.5) is 5.69 Å². The number of nitrogen functional groups attached to an aromatic ring is 1. The fraction of sp³-hybridized carbons (Fsp3) is 0.286.